The molecule has 1 fully saturated rings. The lowest BCUT2D eigenvalue weighted by Crippen LogP contribution is -2.35. The fraction of sp³-hybridized carbons (Fsp3) is 0.294. The van der Waals surface area contributed by atoms with Crippen molar-refractivity contribution in [2.24, 2.45) is 0 Å². The van der Waals surface area contributed by atoms with E-state index in [0.29, 0.717) is 29.7 Å². The highest BCUT2D eigenvalue weighted by atomic mass is 32.2. The smallest absolute Gasteiger partial charge is 0.268 e. The lowest BCUT2D eigenvalue weighted by Gasteiger charge is -2.25. The Bertz CT molecular complexity index is 941. The summed E-state index contributed by atoms with van der Waals surface area (Å²) < 4.78 is 32.2. The quantitative estimate of drug-likeness (QED) is 0.696. The van der Waals surface area contributed by atoms with Crippen LogP contribution >= 0.6 is 11.3 Å². The highest BCUT2D eigenvalue weighted by molar-refractivity contribution is 7.89. The van der Waals surface area contributed by atoms with Gasteiger partial charge in [-0.1, -0.05) is 17.6 Å². The Balaban J connectivity index is 1.58. The predicted octanol–water partition coefficient (Wildman–Crippen LogP) is 3.64. The third-order valence-corrected chi connectivity index (χ3v) is 6.99. The van der Waals surface area contributed by atoms with Gasteiger partial charge in [0, 0.05) is 18.7 Å². The first-order chi connectivity index (χ1) is 12.1. The average Bonchev–Trinajstić information content (AvgIpc) is 3.34. The molecule has 0 atom stereocenters. The molecule has 0 aliphatic carbocycles. The van der Waals surface area contributed by atoms with Crippen LogP contribution in [0, 0.1) is 0 Å². The van der Waals surface area contributed by atoms with Crippen LogP contribution in [0.3, 0.4) is 0 Å². The molecule has 0 bridgehead atoms. The maximum atomic E-state index is 12.7. The summed E-state index contributed by atoms with van der Waals surface area (Å²) in [5, 5.41) is 5.93. The van der Waals surface area contributed by atoms with Crippen molar-refractivity contribution in [3.63, 3.8) is 0 Å². The monoisotopic (exact) mass is 375 g/mol. The van der Waals surface area contributed by atoms with E-state index >= 15 is 0 Å². The maximum absolute atomic E-state index is 12.7. The van der Waals surface area contributed by atoms with Crippen molar-refractivity contribution in [1.29, 1.82) is 0 Å². The summed E-state index contributed by atoms with van der Waals surface area (Å²) in [5.41, 5.74) is 0.726. The first kappa shape index (κ1) is 16.4. The van der Waals surface area contributed by atoms with Gasteiger partial charge in [-0.25, -0.2) is 8.42 Å². The number of hydrogen-bond donors (Lipinski definition) is 0. The third-order valence-electron chi connectivity index (χ3n) is 4.22. The minimum atomic E-state index is -3.42. The van der Waals surface area contributed by atoms with Gasteiger partial charge in [0.25, 0.3) is 5.89 Å². The number of sulfonamides is 1. The lowest BCUT2D eigenvalue weighted by molar-refractivity contribution is 0.346. The summed E-state index contributed by atoms with van der Waals surface area (Å²) in [6.07, 6.45) is 2.94. The molecule has 1 saturated heterocycles. The molecule has 0 spiro atoms. The largest absolute Gasteiger partial charge is 0.333 e. The van der Waals surface area contributed by atoms with Crippen LogP contribution in [0.5, 0.6) is 0 Å². The molecule has 4 rings (SSSR count). The molecule has 1 aliphatic heterocycles. The summed E-state index contributed by atoms with van der Waals surface area (Å²) >= 11 is 1.53. The molecule has 8 heteroatoms. The highest BCUT2D eigenvalue weighted by Crippen LogP contribution is 2.27. The highest BCUT2D eigenvalue weighted by Gasteiger charge is 2.25. The Morgan fingerprint density at radius 3 is 2.48 bits per heavy atom. The number of hydrogen-bond acceptors (Lipinski definition) is 6. The SMILES string of the molecule is O=S(=O)(c1ccc(-c2noc(-c3cccs3)n2)cc1)N1CCCCC1. The molecule has 3 aromatic rings. The van der Waals surface area contributed by atoms with Gasteiger partial charge < -0.3 is 4.52 Å². The molecule has 1 aromatic carbocycles. The van der Waals surface area contributed by atoms with E-state index in [1.165, 1.54) is 11.3 Å². The standard InChI is InChI=1S/C17H17N3O3S2/c21-25(22,20-10-2-1-3-11-20)14-8-6-13(7-9-14)16-18-17(23-19-16)15-5-4-12-24-15/h4-9,12H,1-3,10-11H2. The number of piperidine rings is 1. The van der Waals surface area contributed by atoms with E-state index < -0.39 is 10.0 Å². The maximum Gasteiger partial charge on any atom is 0.268 e. The Labute approximate surface area is 150 Å². The minimum absolute atomic E-state index is 0.306. The molecule has 3 heterocycles. The molecule has 25 heavy (non-hydrogen) atoms. The van der Waals surface area contributed by atoms with Gasteiger partial charge in [0.05, 0.1) is 9.77 Å². The molecule has 1 aliphatic rings. The molecule has 0 N–H and O–H groups in total. The molecule has 0 saturated carbocycles. The van der Waals surface area contributed by atoms with E-state index in [1.807, 2.05) is 17.5 Å². The fourth-order valence-electron chi connectivity index (χ4n) is 2.87. The Kier molecular flexibility index (Phi) is 4.41. The number of benzene rings is 1. The van der Waals surface area contributed by atoms with Gasteiger partial charge in [0.2, 0.25) is 15.8 Å². The van der Waals surface area contributed by atoms with Crippen molar-refractivity contribution in [2.45, 2.75) is 24.2 Å². The van der Waals surface area contributed by atoms with Crippen molar-refractivity contribution >= 4 is 21.4 Å². The van der Waals surface area contributed by atoms with Gasteiger partial charge in [-0.15, -0.1) is 11.3 Å². The zero-order valence-corrected chi connectivity index (χ0v) is 15.1. The average molecular weight is 375 g/mol. The van der Waals surface area contributed by atoms with Crippen molar-refractivity contribution < 1.29 is 12.9 Å². The van der Waals surface area contributed by atoms with Crippen LogP contribution in [0.25, 0.3) is 22.2 Å². The second-order valence-electron chi connectivity index (χ2n) is 5.89. The number of rotatable bonds is 4. The molecule has 130 valence electrons. The van der Waals surface area contributed by atoms with Gasteiger partial charge in [-0.2, -0.15) is 9.29 Å². The Morgan fingerprint density at radius 2 is 1.80 bits per heavy atom. The van der Waals surface area contributed by atoms with E-state index in [0.717, 1.165) is 29.7 Å². The van der Waals surface area contributed by atoms with Crippen molar-refractivity contribution in [3.8, 4) is 22.2 Å². The number of thiophene rings is 1. The molecule has 0 radical (unpaired) electrons. The van der Waals surface area contributed by atoms with Gasteiger partial charge in [-0.05, 0) is 48.6 Å². The van der Waals surface area contributed by atoms with Crippen molar-refractivity contribution in [3.05, 3.63) is 41.8 Å². The Morgan fingerprint density at radius 1 is 1.04 bits per heavy atom. The van der Waals surface area contributed by atoms with Crippen LogP contribution in [-0.2, 0) is 10.0 Å². The summed E-state index contributed by atoms with van der Waals surface area (Å²) in [6, 6.07) is 10.5. The first-order valence-electron chi connectivity index (χ1n) is 8.13. The van der Waals surface area contributed by atoms with Crippen LogP contribution < -0.4 is 0 Å². The van der Waals surface area contributed by atoms with E-state index in [4.69, 9.17) is 4.52 Å². The van der Waals surface area contributed by atoms with Gasteiger partial charge in [0.15, 0.2) is 0 Å². The van der Waals surface area contributed by atoms with Gasteiger partial charge in [-0.3, -0.25) is 0 Å². The van der Waals surface area contributed by atoms with E-state index in [-0.39, 0.29) is 0 Å². The van der Waals surface area contributed by atoms with Crippen molar-refractivity contribution in [1.82, 2.24) is 14.4 Å². The second-order valence-corrected chi connectivity index (χ2v) is 8.78. The zero-order chi connectivity index (χ0) is 17.3. The summed E-state index contributed by atoms with van der Waals surface area (Å²) in [7, 11) is -3.42. The van der Waals surface area contributed by atoms with E-state index in [9.17, 15) is 8.42 Å². The van der Waals surface area contributed by atoms with Gasteiger partial charge >= 0.3 is 0 Å². The lowest BCUT2D eigenvalue weighted by atomic mass is 10.2. The third kappa shape index (κ3) is 3.24. The van der Waals surface area contributed by atoms with E-state index in [2.05, 4.69) is 10.1 Å². The zero-order valence-electron chi connectivity index (χ0n) is 13.5. The van der Waals surface area contributed by atoms with Crippen LogP contribution in [0.4, 0.5) is 0 Å². The number of aromatic nitrogens is 2. The fourth-order valence-corrected chi connectivity index (χ4v) is 5.03. The number of nitrogens with zero attached hydrogens (tertiary/aromatic N) is 3. The van der Waals surface area contributed by atoms with Crippen molar-refractivity contribution in [2.75, 3.05) is 13.1 Å². The second kappa shape index (κ2) is 6.70. The Hall–Kier alpha value is -2.03. The summed E-state index contributed by atoms with van der Waals surface area (Å²) in [5.74, 6) is 0.917. The van der Waals surface area contributed by atoms with E-state index in [1.54, 1.807) is 28.6 Å². The minimum Gasteiger partial charge on any atom is -0.333 e. The predicted molar refractivity (Wildman–Crippen MR) is 95.7 cm³/mol. The summed E-state index contributed by atoms with van der Waals surface area (Å²) in [6.45, 7) is 1.19. The topological polar surface area (TPSA) is 76.3 Å². The molecule has 0 unspecified atom stereocenters. The first-order valence-corrected chi connectivity index (χ1v) is 10.4. The van der Waals surface area contributed by atoms with Crippen LogP contribution in [0.2, 0.25) is 0 Å². The molecular formula is C17H17N3O3S2. The molecule has 0 amide bonds. The van der Waals surface area contributed by atoms with Gasteiger partial charge in [0.1, 0.15) is 0 Å². The van der Waals surface area contributed by atoms with Crippen LogP contribution in [0.15, 0.2) is 51.2 Å². The van der Waals surface area contributed by atoms with Crippen LogP contribution in [-0.4, -0.2) is 36.0 Å². The molecular weight excluding hydrogens is 358 g/mol. The normalized spacial score (nSPS) is 16.2. The summed E-state index contributed by atoms with van der Waals surface area (Å²) in [4.78, 5) is 5.59. The molecule has 6 nitrogen and oxygen atoms in total. The molecule has 2 aromatic heterocycles. The van der Waals surface area contributed by atoms with Crippen LogP contribution in [0.1, 0.15) is 19.3 Å².